The molecule has 0 aromatic carbocycles. The van der Waals surface area contributed by atoms with Crippen LogP contribution in [-0.2, 0) is 4.74 Å². The first-order valence-corrected chi connectivity index (χ1v) is 7.20. The van der Waals surface area contributed by atoms with Gasteiger partial charge in [0, 0.05) is 45.3 Å². The van der Waals surface area contributed by atoms with Gasteiger partial charge in [-0.25, -0.2) is 0 Å². The fourth-order valence-electron chi connectivity index (χ4n) is 3.41. The number of piperazine rings is 1. The molecule has 2 atom stereocenters. The van der Waals surface area contributed by atoms with Crippen LogP contribution in [0.5, 0.6) is 0 Å². The molecule has 0 spiro atoms. The minimum atomic E-state index is 0.416. The number of ether oxygens (including phenoxy) is 1. The van der Waals surface area contributed by atoms with Gasteiger partial charge in [0.15, 0.2) is 0 Å². The topological polar surface area (TPSA) is 27.7 Å². The van der Waals surface area contributed by atoms with Crippen molar-refractivity contribution in [3.63, 3.8) is 0 Å². The first-order valence-electron chi connectivity index (χ1n) is 7.20. The molecule has 4 heteroatoms. The largest absolute Gasteiger partial charge is 0.374 e. The monoisotopic (exact) mass is 239 g/mol. The SMILES string of the molecule is C1CCN2CCN(CC3CNCCO3)CC2C1. The number of nitrogens with zero attached hydrogens (tertiary/aromatic N) is 2. The minimum absolute atomic E-state index is 0.416. The van der Waals surface area contributed by atoms with Crippen LogP contribution in [0.3, 0.4) is 0 Å². The van der Waals surface area contributed by atoms with Gasteiger partial charge in [-0.2, -0.15) is 0 Å². The van der Waals surface area contributed by atoms with Crippen LogP contribution < -0.4 is 5.32 Å². The predicted octanol–water partition coefficient (Wildman–Crippen LogP) is 0.145. The Bertz CT molecular complexity index is 241. The molecule has 1 N–H and O–H groups in total. The quantitative estimate of drug-likeness (QED) is 0.742. The first kappa shape index (κ1) is 11.9. The zero-order valence-electron chi connectivity index (χ0n) is 10.7. The average Bonchev–Trinajstić information content (AvgIpc) is 2.40. The third-order valence-corrected chi connectivity index (χ3v) is 4.39. The molecule has 0 saturated carbocycles. The van der Waals surface area contributed by atoms with E-state index in [9.17, 15) is 0 Å². The highest BCUT2D eigenvalue weighted by atomic mass is 16.5. The molecule has 3 rings (SSSR count). The fourth-order valence-corrected chi connectivity index (χ4v) is 3.41. The molecule has 3 aliphatic heterocycles. The van der Waals surface area contributed by atoms with Crippen molar-refractivity contribution in [2.75, 3.05) is 52.4 Å². The molecule has 98 valence electrons. The fraction of sp³-hybridized carbons (Fsp3) is 1.00. The summed E-state index contributed by atoms with van der Waals surface area (Å²) in [6, 6.07) is 0.828. The summed E-state index contributed by atoms with van der Waals surface area (Å²) in [4.78, 5) is 5.31. The molecule has 0 aromatic rings. The zero-order chi connectivity index (χ0) is 11.5. The van der Waals surface area contributed by atoms with E-state index in [0.29, 0.717) is 6.10 Å². The van der Waals surface area contributed by atoms with Crippen LogP contribution in [0.15, 0.2) is 0 Å². The molecule has 2 unspecified atom stereocenters. The van der Waals surface area contributed by atoms with E-state index in [-0.39, 0.29) is 0 Å². The van der Waals surface area contributed by atoms with E-state index >= 15 is 0 Å². The molecule has 0 aromatic heterocycles. The summed E-state index contributed by atoms with van der Waals surface area (Å²) >= 11 is 0. The van der Waals surface area contributed by atoms with E-state index in [2.05, 4.69) is 15.1 Å². The van der Waals surface area contributed by atoms with Gasteiger partial charge in [0.25, 0.3) is 0 Å². The van der Waals surface area contributed by atoms with Gasteiger partial charge in [0.05, 0.1) is 12.7 Å². The van der Waals surface area contributed by atoms with Crippen molar-refractivity contribution in [2.24, 2.45) is 0 Å². The lowest BCUT2D eigenvalue weighted by molar-refractivity contribution is -0.0190. The van der Waals surface area contributed by atoms with Gasteiger partial charge in [-0.05, 0) is 19.4 Å². The maximum absolute atomic E-state index is 5.80. The highest BCUT2D eigenvalue weighted by Crippen LogP contribution is 2.21. The van der Waals surface area contributed by atoms with Crippen molar-refractivity contribution in [1.82, 2.24) is 15.1 Å². The Labute approximate surface area is 104 Å². The lowest BCUT2D eigenvalue weighted by Crippen LogP contribution is -2.57. The zero-order valence-corrected chi connectivity index (χ0v) is 10.7. The number of hydrogen-bond donors (Lipinski definition) is 1. The summed E-state index contributed by atoms with van der Waals surface area (Å²) in [6.07, 6.45) is 4.65. The molecule has 0 bridgehead atoms. The summed E-state index contributed by atoms with van der Waals surface area (Å²) in [5.41, 5.74) is 0. The Morgan fingerprint density at radius 2 is 2.18 bits per heavy atom. The molecule has 0 amide bonds. The van der Waals surface area contributed by atoms with Gasteiger partial charge >= 0.3 is 0 Å². The van der Waals surface area contributed by atoms with Gasteiger partial charge in [0.1, 0.15) is 0 Å². The Hall–Kier alpha value is -0.160. The van der Waals surface area contributed by atoms with Gasteiger partial charge in [-0.1, -0.05) is 6.42 Å². The van der Waals surface area contributed by atoms with Crippen LogP contribution in [0.2, 0.25) is 0 Å². The van der Waals surface area contributed by atoms with Crippen LogP contribution in [0.25, 0.3) is 0 Å². The lowest BCUT2D eigenvalue weighted by atomic mass is 9.99. The second-order valence-corrected chi connectivity index (χ2v) is 5.64. The number of fused-ring (bicyclic) bond motifs is 1. The Balaban J connectivity index is 1.48. The molecule has 0 radical (unpaired) electrons. The van der Waals surface area contributed by atoms with Gasteiger partial charge in [-0.15, -0.1) is 0 Å². The van der Waals surface area contributed by atoms with Crippen LogP contribution >= 0.6 is 0 Å². The lowest BCUT2D eigenvalue weighted by Gasteiger charge is -2.45. The average molecular weight is 239 g/mol. The number of hydrogen-bond acceptors (Lipinski definition) is 4. The molecule has 3 heterocycles. The van der Waals surface area contributed by atoms with Gasteiger partial charge in [0.2, 0.25) is 0 Å². The standard InChI is InChI=1S/C13H25N3O/c1-2-5-16-7-6-15(10-12(16)3-1)11-13-9-14-4-8-17-13/h12-14H,1-11H2. The van der Waals surface area contributed by atoms with Crippen molar-refractivity contribution in [3.05, 3.63) is 0 Å². The highest BCUT2D eigenvalue weighted by molar-refractivity contribution is 4.86. The molecule has 3 saturated heterocycles. The number of piperidine rings is 1. The van der Waals surface area contributed by atoms with Crippen molar-refractivity contribution in [3.8, 4) is 0 Å². The van der Waals surface area contributed by atoms with Crippen molar-refractivity contribution in [2.45, 2.75) is 31.4 Å². The second kappa shape index (κ2) is 5.65. The molecule has 0 aliphatic carbocycles. The maximum atomic E-state index is 5.80. The number of rotatable bonds is 2. The number of nitrogens with one attached hydrogen (secondary N) is 1. The Morgan fingerprint density at radius 1 is 1.18 bits per heavy atom. The summed E-state index contributed by atoms with van der Waals surface area (Å²) in [5, 5.41) is 3.42. The van der Waals surface area contributed by atoms with Crippen molar-refractivity contribution >= 4 is 0 Å². The van der Waals surface area contributed by atoms with E-state index in [1.54, 1.807) is 0 Å². The summed E-state index contributed by atoms with van der Waals surface area (Å²) in [6.45, 7) is 9.16. The molecular formula is C13H25N3O. The van der Waals surface area contributed by atoms with Crippen LogP contribution in [0, 0.1) is 0 Å². The minimum Gasteiger partial charge on any atom is -0.374 e. The van der Waals surface area contributed by atoms with E-state index in [1.165, 1.54) is 45.4 Å². The van der Waals surface area contributed by atoms with Gasteiger partial charge < -0.3 is 10.1 Å². The van der Waals surface area contributed by atoms with Crippen molar-refractivity contribution in [1.29, 1.82) is 0 Å². The van der Waals surface area contributed by atoms with Crippen molar-refractivity contribution < 1.29 is 4.74 Å². The Morgan fingerprint density at radius 3 is 3.06 bits per heavy atom. The third-order valence-electron chi connectivity index (χ3n) is 4.39. The molecule has 17 heavy (non-hydrogen) atoms. The van der Waals surface area contributed by atoms with E-state index in [4.69, 9.17) is 4.74 Å². The number of morpholine rings is 1. The molecular weight excluding hydrogens is 214 g/mol. The molecule has 4 nitrogen and oxygen atoms in total. The smallest absolute Gasteiger partial charge is 0.0826 e. The van der Waals surface area contributed by atoms with Crippen LogP contribution in [-0.4, -0.2) is 74.4 Å². The van der Waals surface area contributed by atoms with Crippen LogP contribution in [0.1, 0.15) is 19.3 Å². The van der Waals surface area contributed by atoms with Gasteiger partial charge in [-0.3, -0.25) is 9.80 Å². The second-order valence-electron chi connectivity index (χ2n) is 5.64. The Kier molecular flexibility index (Phi) is 3.96. The van der Waals surface area contributed by atoms with Crippen LogP contribution in [0.4, 0.5) is 0 Å². The molecule has 3 fully saturated rings. The first-order chi connectivity index (χ1) is 8.42. The van der Waals surface area contributed by atoms with E-state index < -0.39 is 0 Å². The summed E-state index contributed by atoms with van der Waals surface area (Å²) < 4.78 is 5.80. The maximum Gasteiger partial charge on any atom is 0.0826 e. The predicted molar refractivity (Wildman–Crippen MR) is 68.3 cm³/mol. The normalized spacial score (nSPS) is 36.7. The summed E-state index contributed by atoms with van der Waals surface area (Å²) in [5.74, 6) is 0. The highest BCUT2D eigenvalue weighted by Gasteiger charge is 2.30. The third kappa shape index (κ3) is 2.99. The van der Waals surface area contributed by atoms with E-state index in [1.807, 2.05) is 0 Å². The van der Waals surface area contributed by atoms with E-state index in [0.717, 1.165) is 32.3 Å². The molecule has 3 aliphatic rings. The summed E-state index contributed by atoms with van der Waals surface area (Å²) in [7, 11) is 0.